The Balaban J connectivity index is 4.36. The molecule has 0 aliphatic rings. The largest absolute Gasteiger partial charge is 0.462 e. The predicted molar refractivity (Wildman–Crippen MR) is 288 cm³/mol. The molecule has 0 aromatic heterocycles. The number of hydrogen-bond acceptors (Lipinski definition) is 6. The number of carbonyl (C=O) groups is 3. The normalized spacial score (nSPS) is 12.6. The Morgan fingerprint density at radius 1 is 0.313 bits per heavy atom. The predicted octanol–water partition coefficient (Wildman–Crippen LogP) is 19.0. The quantitative estimate of drug-likeness (QED) is 0.0262. The van der Waals surface area contributed by atoms with Crippen LogP contribution in [-0.4, -0.2) is 37.2 Å². The van der Waals surface area contributed by atoms with Crippen molar-refractivity contribution in [2.45, 2.75) is 284 Å². The smallest absolute Gasteiger partial charge is 0.306 e. The Morgan fingerprint density at radius 3 is 0.955 bits per heavy atom. The molecule has 0 aromatic carbocycles. The fourth-order valence-corrected chi connectivity index (χ4v) is 7.89. The number of rotatable bonds is 51. The highest BCUT2D eigenvalue weighted by Gasteiger charge is 2.19. The summed E-state index contributed by atoms with van der Waals surface area (Å²) in [6.45, 7) is 6.49. The van der Waals surface area contributed by atoms with Gasteiger partial charge in [0.25, 0.3) is 0 Å². The van der Waals surface area contributed by atoms with Crippen LogP contribution in [0.1, 0.15) is 278 Å². The molecular formula is C61H106O6. The highest BCUT2D eigenvalue weighted by atomic mass is 16.6. The molecule has 0 radical (unpaired) electrons. The van der Waals surface area contributed by atoms with Crippen LogP contribution in [0.2, 0.25) is 0 Å². The van der Waals surface area contributed by atoms with Crippen molar-refractivity contribution in [3.05, 3.63) is 72.9 Å². The van der Waals surface area contributed by atoms with Crippen molar-refractivity contribution < 1.29 is 28.6 Å². The van der Waals surface area contributed by atoms with Crippen LogP contribution in [0.4, 0.5) is 0 Å². The van der Waals surface area contributed by atoms with Crippen LogP contribution in [0.3, 0.4) is 0 Å². The number of esters is 3. The van der Waals surface area contributed by atoms with Gasteiger partial charge in [-0.2, -0.15) is 0 Å². The molecule has 386 valence electrons. The van der Waals surface area contributed by atoms with Crippen LogP contribution in [0.5, 0.6) is 0 Å². The zero-order valence-electron chi connectivity index (χ0n) is 44.2. The number of ether oxygens (including phenoxy) is 3. The van der Waals surface area contributed by atoms with Gasteiger partial charge in [0.05, 0.1) is 0 Å². The average Bonchev–Trinajstić information content (AvgIpc) is 3.33. The lowest BCUT2D eigenvalue weighted by molar-refractivity contribution is -0.167. The summed E-state index contributed by atoms with van der Waals surface area (Å²) in [6.07, 6.45) is 70.3. The Bertz CT molecular complexity index is 1260. The molecule has 6 heteroatoms. The van der Waals surface area contributed by atoms with Crippen molar-refractivity contribution in [3.8, 4) is 0 Å². The molecule has 0 rings (SSSR count). The van der Waals surface area contributed by atoms with Crippen LogP contribution in [-0.2, 0) is 28.6 Å². The van der Waals surface area contributed by atoms with Gasteiger partial charge >= 0.3 is 17.9 Å². The SMILES string of the molecule is CC/C=C\C/C=C\C/C=C\C/C=C\CCCCCCCCCCC(=O)OCC(COC(=O)CCCCCCC/C=C\CCCCC)OC(=O)CCCCCCC/C=C\CCCCCCCCC. The van der Waals surface area contributed by atoms with E-state index in [4.69, 9.17) is 14.2 Å². The second kappa shape index (κ2) is 55.4. The lowest BCUT2D eigenvalue weighted by Gasteiger charge is -2.18. The zero-order chi connectivity index (χ0) is 48.6. The van der Waals surface area contributed by atoms with Gasteiger partial charge < -0.3 is 14.2 Å². The minimum absolute atomic E-state index is 0.0850. The molecule has 67 heavy (non-hydrogen) atoms. The summed E-state index contributed by atoms with van der Waals surface area (Å²) in [7, 11) is 0. The van der Waals surface area contributed by atoms with E-state index in [1.165, 1.54) is 128 Å². The molecule has 1 atom stereocenters. The Morgan fingerprint density at radius 2 is 0.582 bits per heavy atom. The van der Waals surface area contributed by atoms with E-state index in [0.29, 0.717) is 19.3 Å². The van der Waals surface area contributed by atoms with E-state index in [9.17, 15) is 14.4 Å². The molecule has 0 saturated heterocycles. The average molecular weight is 936 g/mol. The van der Waals surface area contributed by atoms with Crippen LogP contribution < -0.4 is 0 Å². The number of allylic oxidation sites excluding steroid dienone is 12. The van der Waals surface area contributed by atoms with Crippen LogP contribution >= 0.6 is 0 Å². The van der Waals surface area contributed by atoms with Gasteiger partial charge in [-0.3, -0.25) is 14.4 Å². The van der Waals surface area contributed by atoms with Gasteiger partial charge in [-0.05, 0) is 109 Å². The molecule has 0 amide bonds. The van der Waals surface area contributed by atoms with Crippen molar-refractivity contribution >= 4 is 17.9 Å². The first-order valence-electron chi connectivity index (χ1n) is 28.4. The van der Waals surface area contributed by atoms with Crippen molar-refractivity contribution in [1.29, 1.82) is 0 Å². The van der Waals surface area contributed by atoms with Gasteiger partial charge in [0, 0.05) is 19.3 Å². The third-order valence-electron chi connectivity index (χ3n) is 12.2. The van der Waals surface area contributed by atoms with Crippen LogP contribution in [0.25, 0.3) is 0 Å². The van der Waals surface area contributed by atoms with Crippen molar-refractivity contribution in [3.63, 3.8) is 0 Å². The van der Waals surface area contributed by atoms with E-state index >= 15 is 0 Å². The van der Waals surface area contributed by atoms with E-state index in [1.54, 1.807) is 0 Å². The van der Waals surface area contributed by atoms with Crippen LogP contribution in [0.15, 0.2) is 72.9 Å². The maximum absolute atomic E-state index is 12.8. The summed E-state index contributed by atoms with van der Waals surface area (Å²) in [5.74, 6) is -0.903. The monoisotopic (exact) mass is 935 g/mol. The molecule has 0 aromatic rings. The standard InChI is InChI=1S/C61H106O6/c1-4-7-10-13-16-19-22-25-27-29-30-31-32-33-35-36-39-42-45-48-51-54-60(63)66-57-58(56-65-59(62)53-50-47-44-41-38-24-21-18-15-12-9-6-3)67-61(64)55-52-49-46-43-40-37-34-28-26-23-20-17-14-11-8-5-2/h7,10,16,18-19,21,25,27-28,30-31,34,58H,4-6,8-9,11-15,17,20,22-24,26,29,32-33,35-57H2,1-3H3/b10-7-,19-16-,21-18-,27-25-,31-30-,34-28-. The first-order chi connectivity index (χ1) is 33.0. The van der Waals surface area contributed by atoms with E-state index < -0.39 is 6.10 Å². The third kappa shape index (κ3) is 53.7. The summed E-state index contributed by atoms with van der Waals surface area (Å²) < 4.78 is 16.8. The molecule has 0 spiro atoms. The first kappa shape index (κ1) is 63.8. The van der Waals surface area contributed by atoms with Crippen molar-refractivity contribution in [1.82, 2.24) is 0 Å². The molecule has 0 fully saturated rings. The molecule has 0 aliphatic carbocycles. The Hall–Kier alpha value is -3.15. The topological polar surface area (TPSA) is 78.9 Å². The van der Waals surface area contributed by atoms with E-state index in [-0.39, 0.29) is 31.1 Å². The second-order valence-electron chi connectivity index (χ2n) is 18.8. The fraction of sp³-hybridized carbons (Fsp3) is 0.754. The van der Waals surface area contributed by atoms with Gasteiger partial charge in [0.1, 0.15) is 13.2 Å². The summed E-state index contributed by atoms with van der Waals surface area (Å²) in [6, 6.07) is 0. The number of unbranched alkanes of at least 4 members (excludes halogenated alkanes) is 28. The van der Waals surface area contributed by atoms with Gasteiger partial charge in [0.2, 0.25) is 0 Å². The zero-order valence-corrected chi connectivity index (χ0v) is 44.2. The van der Waals surface area contributed by atoms with Gasteiger partial charge in [-0.1, -0.05) is 222 Å². The summed E-state index contributed by atoms with van der Waals surface area (Å²) in [4.78, 5) is 38.1. The van der Waals surface area contributed by atoms with Gasteiger partial charge in [-0.15, -0.1) is 0 Å². The Labute approximate surface area is 414 Å². The highest BCUT2D eigenvalue weighted by molar-refractivity contribution is 5.71. The lowest BCUT2D eigenvalue weighted by atomic mass is 10.1. The highest BCUT2D eigenvalue weighted by Crippen LogP contribution is 2.15. The first-order valence-corrected chi connectivity index (χ1v) is 28.4. The fourth-order valence-electron chi connectivity index (χ4n) is 7.89. The third-order valence-corrected chi connectivity index (χ3v) is 12.2. The molecule has 0 bridgehead atoms. The maximum Gasteiger partial charge on any atom is 0.306 e. The number of hydrogen-bond donors (Lipinski definition) is 0. The molecular weight excluding hydrogens is 829 g/mol. The summed E-state index contributed by atoms with van der Waals surface area (Å²) in [5.41, 5.74) is 0. The number of carbonyl (C=O) groups excluding carboxylic acids is 3. The Kier molecular flexibility index (Phi) is 52.8. The molecule has 1 unspecified atom stereocenters. The maximum atomic E-state index is 12.8. The summed E-state index contributed by atoms with van der Waals surface area (Å²) in [5, 5.41) is 0. The van der Waals surface area contributed by atoms with Gasteiger partial charge in [0.15, 0.2) is 6.10 Å². The van der Waals surface area contributed by atoms with E-state index in [2.05, 4.69) is 93.7 Å². The van der Waals surface area contributed by atoms with Crippen molar-refractivity contribution in [2.75, 3.05) is 13.2 Å². The molecule has 0 aliphatic heterocycles. The minimum Gasteiger partial charge on any atom is -0.462 e. The molecule has 0 N–H and O–H groups in total. The second-order valence-corrected chi connectivity index (χ2v) is 18.8. The van der Waals surface area contributed by atoms with E-state index in [0.717, 1.165) is 109 Å². The molecule has 0 saturated carbocycles. The minimum atomic E-state index is -0.786. The molecule has 0 heterocycles. The van der Waals surface area contributed by atoms with E-state index in [1.807, 2.05) is 0 Å². The lowest BCUT2D eigenvalue weighted by Crippen LogP contribution is -2.30. The van der Waals surface area contributed by atoms with Crippen LogP contribution in [0, 0.1) is 0 Å². The molecule has 6 nitrogen and oxygen atoms in total. The van der Waals surface area contributed by atoms with Crippen molar-refractivity contribution in [2.24, 2.45) is 0 Å². The summed E-state index contributed by atoms with van der Waals surface area (Å²) >= 11 is 0. The van der Waals surface area contributed by atoms with Gasteiger partial charge in [-0.25, -0.2) is 0 Å².